The zero-order valence-electron chi connectivity index (χ0n) is 10.7. The molecule has 104 valence electrons. The van der Waals surface area contributed by atoms with E-state index in [4.69, 9.17) is 0 Å². The van der Waals surface area contributed by atoms with Crippen LogP contribution in [0.4, 0.5) is 4.39 Å². The second-order valence-corrected chi connectivity index (χ2v) is 6.24. The van der Waals surface area contributed by atoms with Gasteiger partial charge >= 0.3 is 0 Å². The van der Waals surface area contributed by atoms with Crippen molar-refractivity contribution >= 4 is 10.0 Å². The standard InChI is InChI=1S/C13H17FN2O2S/c1-10-12(14)3-2-4-13(10)19(17,18)16-9-11-5-7-15-8-6-11/h2-5,15-16H,6-9H2,1H3. The van der Waals surface area contributed by atoms with Crippen LogP contribution in [0.5, 0.6) is 0 Å². The highest BCUT2D eigenvalue weighted by Crippen LogP contribution is 2.17. The van der Waals surface area contributed by atoms with E-state index in [1.807, 2.05) is 6.08 Å². The first kappa shape index (κ1) is 14.2. The van der Waals surface area contributed by atoms with Crippen LogP contribution in [0.25, 0.3) is 0 Å². The molecule has 0 amide bonds. The van der Waals surface area contributed by atoms with Gasteiger partial charge in [0.2, 0.25) is 10.0 Å². The van der Waals surface area contributed by atoms with Gasteiger partial charge in [-0.25, -0.2) is 17.5 Å². The van der Waals surface area contributed by atoms with Crippen LogP contribution in [0.2, 0.25) is 0 Å². The van der Waals surface area contributed by atoms with Gasteiger partial charge in [0.1, 0.15) is 5.82 Å². The Morgan fingerprint density at radius 2 is 2.21 bits per heavy atom. The first-order valence-electron chi connectivity index (χ1n) is 6.14. The van der Waals surface area contributed by atoms with Crippen molar-refractivity contribution in [3.05, 3.63) is 41.2 Å². The molecule has 0 saturated carbocycles. The lowest BCUT2D eigenvalue weighted by Gasteiger charge is -2.15. The number of halogens is 1. The number of sulfonamides is 1. The van der Waals surface area contributed by atoms with Crippen molar-refractivity contribution in [3.8, 4) is 0 Å². The lowest BCUT2D eigenvalue weighted by atomic mass is 10.1. The van der Waals surface area contributed by atoms with Crippen molar-refractivity contribution in [2.24, 2.45) is 0 Å². The van der Waals surface area contributed by atoms with Gasteiger partial charge in [-0.1, -0.05) is 17.7 Å². The molecule has 0 fully saturated rings. The molecule has 2 rings (SSSR count). The Morgan fingerprint density at radius 3 is 2.89 bits per heavy atom. The number of hydrogen-bond donors (Lipinski definition) is 2. The molecular formula is C13H17FN2O2S. The van der Waals surface area contributed by atoms with E-state index in [0.717, 1.165) is 25.1 Å². The second kappa shape index (κ2) is 5.81. The maximum Gasteiger partial charge on any atom is 0.241 e. The molecule has 0 unspecified atom stereocenters. The minimum atomic E-state index is -3.66. The van der Waals surface area contributed by atoms with Crippen molar-refractivity contribution in [1.29, 1.82) is 0 Å². The fraction of sp³-hybridized carbons (Fsp3) is 0.385. The van der Waals surface area contributed by atoms with E-state index in [1.54, 1.807) is 0 Å². The maximum atomic E-state index is 13.4. The molecule has 0 atom stereocenters. The summed E-state index contributed by atoms with van der Waals surface area (Å²) < 4.78 is 40.2. The molecule has 1 heterocycles. The summed E-state index contributed by atoms with van der Waals surface area (Å²) in [6.07, 6.45) is 2.80. The van der Waals surface area contributed by atoms with Crippen LogP contribution in [-0.4, -0.2) is 28.1 Å². The third kappa shape index (κ3) is 3.40. The summed E-state index contributed by atoms with van der Waals surface area (Å²) >= 11 is 0. The molecule has 6 heteroatoms. The number of rotatable bonds is 4. The van der Waals surface area contributed by atoms with Gasteiger partial charge in [0, 0.05) is 18.7 Å². The molecule has 4 nitrogen and oxygen atoms in total. The molecule has 0 bridgehead atoms. The highest BCUT2D eigenvalue weighted by atomic mass is 32.2. The molecule has 1 aromatic rings. The summed E-state index contributed by atoms with van der Waals surface area (Å²) in [5.74, 6) is -0.510. The Labute approximate surface area is 112 Å². The fourth-order valence-corrected chi connectivity index (χ4v) is 3.26. The summed E-state index contributed by atoms with van der Waals surface area (Å²) in [5.41, 5.74) is 1.20. The first-order valence-corrected chi connectivity index (χ1v) is 7.62. The Hall–Kier alpha value is -1.24. The SMILES string of the molecule is Cc1c(F)cccc1S(=O)(=O)NCC1=CCNCC1. The van der Waals surface area contributed by atoms with E-state index >= 15 is 0 Å². The molecule has 0 radical (unpaired) electrons. The fourth-order valence-electron chi connectivity index (χ4n) is 1.97. The van der Waals surface area contributed by atoms with Crippen LogP contribution >= 0.6 is 0 Å². The smallest absolute Gasteiger partial charge is 0.241 e. The Bertz CT molecular complexity index is 597. The second-order valence-electron chi connectivity index (χ2n) is 4.50. The van der Waals surface area contributed by atoms with Gasteiger partial charge in [0.05, 0.1) is 4.90 Å². The van der Waals surface area contributed by atoms with Crippen LogP contribution in [0.1, 0.15) is 12.0 Å². The lowest BCUT2D eigenvalue weighted by Crippen LogP contribution is -2.30. The van der Waals surface area contributed by atoms with Gasteiger partial charge in [0.25, 0.3) is 0 Å². The van der Waals surface area contributed by atoms with E-state index in [0.29, 0.717) is 0 Å². The van der Waals surface area contributed by atoms with Gasteiger partial charge in [-0.05, 0) is 32.0 Å². The summed E-state index contributed by atoms with van der Waals surface area (Å²) in [4.78, 5) is 0.00188. The molecule has 2 N–H and O–H groups in total. The zero-order chi connectivity index (χ0) is 13.9. The molecule has 1 aromatic carbocycles. The van der Waals surface area contributed by atoms with Crippen molar-refractivity contribution in [3.63, 3.8) is 0 Å². The van der Waals surface area contributed by atoms with E-state index in [-0.39, 0.29) is 17.0 Å². The predicted molar refractivity (Wildman–Crippen MR) is 71.9 cm³/mol. The van der Waals surface area contributed by atoms with E-state index in [9.17, 15) is 12.8 Å². The third-order valence-corrected chi connectivity index (χ3v) is 4.70. The monoisotopic (exact) mass is 284 g/mol. The first-order chi connectivity index (χ1) is 9.00. The van der Waals surface area contributed by atoms with Crippen molar-refractivity contribution in [2.45, 2.75) is 18.2 Å². The van der Waals surface area contributed by atoms with Gasteiger partial charge < -0.3 is 5.32 Å². The summed E-state index contributed by atoms with van der Waals surface area (Å²) in [7, 11) is -3.66. The van der Waals surface area contributed by atoms with E-state index in [1.165, 1.54) is 25.1 Å². The minimum absolute atomic E-state index is 0.00188. The average Bonchev–Trinajstić information content (AvgIpc) is 2.41. The molecule has 0 saturated heterocycles. The molecule has 19 heavy (non-hydrogen) atoms. The van der Waals surface area contributed by atoms with Gasteiger partial charge in [-0.15, -0.1) is 0 Å². The van der Waals surface area contributed by atoms with Gasteiger partial charge in [-0.3, -0.25) is 0 Å². The Kier molecular flexibility index (Phi) is 4.34. The molecule has 1 aliphatic rings. The largest absolute Gasteiger partial charge is 0.313 e. The molecule has 0 aliphatic carbocycles. The topological polar surface area (TPSA) is 58.2 Å². The van der Waals surface area contributed by atoms with E-state index in [2.05, 4.69) is 10.0 Å². The quantitative estimate of drug-likeness (QED) is 0.820. The van der Waals surface area contributed by atoms with Gasteiger partial charge in [-0.2, -0.15) is 0 Å². The van der Waals surface area contributed by atoms with Crippen LogP contribution in [-0.2, 0) is 10.0 Å². The highest BCUT2D eigenvalue weighted by molar-refractivity contribution is 7.89. The summed E-state index contributed by atoms with van der Waals surface area (Å²) in [6.45, 7) is 3.36. The van der Waals surface area contributed by atoms with Crippen LogP contribution in [0.3, 0.4) is 0 Å². The van der Waals surface area contributed by atoms with E-state index < -0.39 is 15.8 Å². The van der Waals surface area contributed by atoms with Crippen LogP contribution < -0.4 is 10.0 Å². The lowest BCUT2D eigenvalue weighted by molar-refractivity contribution is 0.575. The maximum absolute atomic E-state index is 13.4. The molecule has 1 aliphatic heterocycles. The number of hydrogen-bond acceptors (Lipinski definition) is 3. The number of benzene rings is 1. The molecule has 0 aromatic heterocycles. The Morgan fingerprint density at radius 1 is 1.42 bits per heavy atom. The zero-order valence-corrected chi connectivity index (χ0v) is 11.6. The normalized spacial score (nSPS) is 16.2. The van der Waals surface area contributed by atoms with Crippen molar-refractivity contribution < 1.29 is 12.8 Å². The number of nitrogens with one attached hydrogen (secondary N) is 2. The van der Waals surface area contributed by atoms with Crippen molar-refractivity contribution in [1.82, 2.24) is 10.0 Å². The molecular weight excluding hydrogens is 267 g/mol. The highest BCUT2D eigenvalue weighted by Gasteiger charge is 2.18. The Balaban J connectivity index is 2.14. The predicted octanol–water partition coefficient (Wildman–Crippen LogP) is 1.33. The van der Waals surface area contributed by atoms with Gasteiger partial charge in [0.15, 0.2) is 0 Å². The summed E-state index contributed by atoms with van der Waals surface area (Å²) in [6, 6.07) is 4.07. The molecule has 0 spiro atoms. The van der Waals surface area contributed by atoms with Crippen LogP contribution in [0, 0.1) is 12.7 Å². The average molecular weight is 284 g/mol. The third-order valence-electron chi connectivity index (χ3n) is 3.15. The minimum Gasteiger partial charge on any atom is -0.313 e. The van der Waals surface area contributed by atoms with Crippen molar-refractivity contribution in [2.75, 3.05) is 19.6 Å². The summed E-state index contributed by atoms with van der Waals surface area (Å²) in [5, 5.41) is 3.16. The van der Waals surface area contributed by atoms with Crippen LogP contribution in [0.15, 0.2) is 34.7 Å².